The molecule has 1 amide bonds. The molecule has 3 N–H and O–H groups in total. The van der Waals surface area contributed by atoms with Crippen LogP contribution in [-0.4, -0.2) is 20.1 Å². The number of carbonyl (C=O) groups is 1. The molecule has 0 saturated heterocycles. The van der Waals surface area contributed by atoms with Gasteiger partial charge in [0, 0.05) is 11.4 Å². The molecule has 0 bridgehead atoms. The summed E-state index contributed by atoms with van der Waals surface area (Å²) in [5.41, 5.74) is 6.25. The molecule has 0 aliphatic rings. The molecular formula is C15H15FN2O3. The smallest absolute Gasteiger partial charge is 0.263 e. The predicted molar refractivity (Wildman–Crippen MR) is 78.3 cm³/mol. The zero-order chi connectivity index (χ0) is 15.4. The minimum atomic E-state index is -0.530. The van der Waals surface area contributed by atoms with Crippen molar-refractivity contribution in [2.45, 2.75) is 0 Å². The molecule has 110 valence electrons. The summed E-state index contributed by atoms with van der Waals surface area (Å²) in [4.78, 5) is 12.4. The summed E-state index contributed by atoms with van der Waals surface area (Å²) in [6.45, 7) is 0. The van der Waals surface area contributed by atoms with Gasteiger partial charge in [-0.3, -0.25) is 4.79 Å². The predicted octanol–water partition coefficient (Wildman–Crippen LogP) is 2.68. The molecule has 0 aliphatic carbocycles. The third-order valence-corrected chi connectivity index (χ3v) is 2.83. The van der Waals surface area contributed by atoms with Crippen molar-refractivity contribution in [3.05, 3.63) is 47.8 Å². The number of benzene rings is 2. The van der Waals surface area contributed by atoms with Crippen molar-refractivity contribution in [2.75, 3.05) is 25.3 Å². The van der Waals surface area contributed by atoms with Gasteiger partial charge in [-0.1, -0.05) is 6.07 Å². The third-order valence-electron chi connectivity index (χ3n) is 2.83. The van der Waals surface area contributed by atoms with Crippen molar-refractivity contribution in [3.8, 4) is 11.5 Å². The molecule has 6 heteroatoms. The maximum Gasteiger partial charge on any atom is 0.263 e. The van der Waals surface area contributed by atoms with E-state index in [1.165, 1.54) is 32.4 Å². The molecule has 0 saturated carbocycles. The van der Waals surface area contributed by atoms with Gasteiger partial charge in [0.15, 0.2) is 0 Å². The van der Waals surface area contributed by atoms with E-state index in [2.05, 4.69) is 5.32 Å². The average Bonchev–Trinajstić information content (AvgIpc) is 2.45. The lowest BCUT2D eigenvalue weighted by Crippen LogP contribution is -2.15. The summed E-state index contributed by atoms with van der Waals surface area (Å²) >= 11 is 0. The number of nitrogens with two attached hydrogens (primary N) is 1. The highest BCUT2D eigenvalue weighted by Gasteiger charge is 2.18. The Balaban J connectivity index is 2.36. The maximum absolute atomic E-state index is 13.3. The van der Waals surface area contributed by atoms with Crippen LogP contribution in [0.1, 0.15) is 10.4 Å². The SMILES string of the molecule is COc1cccc(OC)c1C(=O)Nc1cc(N)cc(F)c1. The third kappa shape index (κ3) is 3.22. The van der Waals surface area contributed by atoms with Gasteiger partial charge in [0.1, 0.15) is 22.9 Å². The second kappa shape index (κ2) is 6.13. The molecule has 0 unspecified atom stereocenters. The van der Waals surface area contributed by atoms with E-state index in [1.54, 1.807) is 18.2 Å². The first-order chi connectivity index (χ1) is 10.0. The normalized spacial score (nSPS) is 10.0. The van der Waals surface area contributed by atoms with Crippen LogP contribution < -0.4 is 20.5 Å². The molecule has 0 atom stereocenters. The number of carbonyl (C=O) groups excluding carboxylic acids is 1. The molecule has 0 aromatic heterocycles. The topological polar surface area (TPSA) is 73.6 Å². The van der Waals surface area contributed by atoms with E-state index in [0.717, 1.165) is 0 Å². The summed E-state index contributed by atoms with van der Waals surface area (Å²) in [5.74, 6) is -0.293. The zero-order valence-corrected chi connectivity index (χ0v) is 11.6. The van der Waals surface area contributed by atoms with Crippen LogP contribution in [0.25, 0.3) is 0 Å². The van der Waals surface area contributed by atoms with Crippen LogP contribution in [0.15, 0.2) is 36.4 Å². The largest absolute Gasteiger partial charge is 0.496 e. The Labute approximate surface area is 121 Å². The Bertz CT molecular complexity index is 631. The Hall–Kier alpha value is -2.76. The van der Waals surface area contributed by atoms with E-state index in [1.807, 2.05) is 0 Å². The summed E-state index contributed by atoms with van der Waals surface area (Å²) in [5, 5.41) is 2.57. The fraction of sp³-hybridized carbons (Fsp3) is 0.133. The minimum absolute atomic E-state index is 0.220. The van der Waals surface area contributed by atoms with Crippen molar-refractivity contribution < 1.29 is 18.7 Å². The van der Waals surface area contributed by atoms with Gasteiger partial charge in [-0.15, -0.1) is 0 Å². The van der Waals surface area contributed by atoms with Crippen molar-refractivity contribution >= 4 is 17.3 Å². The van der Waals surface area contributed by atoms with Crippen LogP contribution in [0.5, 0.6) is 11.5 Å². The van der Waals surface area contributed by atoms with Gasteiger partial charge in [-0.05, 0) is 30.3 Å². The fourth-order valence-electron chi connectivity index (χ4n) is 1.95. The van der Waals surface area contributed by atoms with Gasteiger partial charge in [0.2, 0.25) is 0 Å². The molecule has 0 heterocycles. The van der Waals surface area contributed by atoms with Gasteiger partial charge >= 0.3 is 0 Å². The molecule has 0 spiro atoms. The van der Waals surface area contributed by atoms with Crippen LogP contribution in [0.2, 0.25) is 0 Å². The van der Waals surface area contributed by atoms with Crippen molar-refractivity contribution in [3.63, 3.8) is 0 Å². The highest BCUT2D eigenvalue weighted by molar-refractivity contribution is 6.08. The Morgan fingerprint density at radius 1 is 1.14 bits per heavy atom. The number of hydrogen-bond acceptors (Lipinski definition) is 4. The van der Waals surface area contributed by atoms with Crippen molar-refractivity contribution in [1.82, 2.24) is 0 Å². The second-order valence-corrected chi connectivity index (χ2v) is 4.26. The van der Waals surface area contributed by atoms with Gasteiger partial charge in [-0.2, -0.15) is 0 Å². The number of rotatable bonds is 4. The lowest BCUT2D eigenvalue weighted by atomic mass is 10.1. The molecule has 0 aliphatic heterocycles. The van der Waals surface area contributed by atoms with Crippen LogP contribution in [0.3, 0.4) is 0 Å². The fourth-order valence-corrected chi connectivity index (χ4v) is 1.95. The first-order valence-electron chi connectivity index (χ1n) is 6.13. The number of nitrogens with one attached hydrogen (secondary N) is 1. The lowest BCUT2D eigenvalue weighted by Gasteiger charge is -2.13. The number of anilines is 2. The molecular weight excluding hydrogens is 275 g/mol. The highest BCUT2D eigenvalue weighted by atomic mass is 19.1. The number of nitrogen functional groups attached to an aromatic ring is 1. The van der Waals surface area contributed by atoms with Crippen LogP contribution in [-0.2, 0) is 0 Å². The van der Waals surface area contributed by atoms with Crippen LogP contribution in [0.4, 0.5) is 15.8 Å². The Morgan fingerprint density at radius 3 is 2.29 bits per heavy atom. The molecule has 5 nitrogen and oxygen atoms in total. The van der Waals surface area contributed by atoms with E-state index in [4.69, 9.17) is 15.2 Å². The quantitative estimate of drug-likeness (QED) is 0.849. The Kier molecular flexibility index (Phi) is 4.27. The number of amides is 1. The van der Waals surface area contributed by atoms with Crippen molar-refractivity contribution in [1.29, 1.82) is 0 Å². The van der Waals surface area contributed by atoms with Gasteiger partial charge in [0.25, 0.3) is 5.91 Å². The lowest BCUT2D eigenvalue weighted by molar-refractivity contribution is 0.102. The van der Waals surface area contributed by atoms with Crippen LogP contribution in [0, 0.1) is 5.82 Å². The molecule has 2 aromatic carbocycles. The summed E-state index contributed by atoms with van der Waals surface area (Å²) < 4.78 is 23.6. The van der Waals surface area contributed by atoms with Crippen LogP contribution >= 0.6 is 0 Å². The summed E-state index contributed by atoms with van der Waals surface area (Å²) in [6.07, 6.45) is 0. The van der Waals surface area contributed by atoms with Crippen molar-refractivity contribution in [2.24, 2.45) is 0 Å². The minimum Gasteiger partial charge on any atom is -0.496 e. The molecule has 0 radical (unpaired) electrons. The average molecular weight is 290 g/mol. The number of halogens is 1. The first kappa shape index (κ1) is 14.6. The summed E-state index contributed by atoms with van der Waals surface area (Å²) in [7, 11) is 2.90. The standard InChI is InChI=1S/C15H15FN2O3/c1-20-12-4-3-5-13(21-2)14(12)15(19)18-11-7-9(16)6-10(17)8-11/h3-8H,17H2,1-2H3,(H,18,19). The number of methoxy groups -OCH3 is 2. The Morgan fingerprint density at radius 2 is 1.76 bits per heavy atom. The number of ether oxygens (including phenoxy) is 2. The first-order valence-corrected chi connectivity index (χ1v) is 6.13. The maximum atomic E-state index is 13.3. The molecule has 21 heavy (non-hydrogen) atoms. The van der Waals surface area contributed by atoms with E-state index in [9.17, 15) is 9.18 Å². The van der Waals surface area contributed by atoms with Gasteiger partial charge in [-0.25, -0.2) is 4.39 Å². The number of hydrogen-bond donors (Lipinski definition) is 2. The monoisotopic (exact) mass is 290 g/mol. The van der Waals surface area contributed by atoms with E-state index >= 15 is 0 Å². The summed E-state index contributed by atoms with van der Waals surface area (Å²) in [6, 6.07) is 8.78. The van der Waals surface area contributed by atoms with E-state index < -0.39 is 11.7 Å². The zero-order valence-electron chi connectivity index (χ0n) is 11.6. The second-order valence-electron chi connectivity index (χ2n) is 4.26. The van der Waals surface area contributed by atoms with E-state index in [0.29, 0.717) is 11.5 Å². The van der Waals surface area contributed by atoms with Gasteiger partial charge in [0.05, 0.1) is 14.2 Å². The highest BCUT2D eigenvalue weighted by Crippen LogP contribution is 2.29. The molecule has 2 aromatic rings. The van der Waals surface area contributed by atoms with Gasteiger partial charge < -0.3 is 20.5 Å². The molecule has 0 fully saturated rings. The van der Waals surface area contributed by atoms with E-state index in [-0.39, 0.29) is 16.9 Å². The molecule has 2 rings (SSSR count).